The van der Waals surface area contributed by atoms with Gasteiger partial charge in [0, 0.05) is 12.8 Å². The maximum Gasteiger partial charge on any atom is 0.472 e. The summed E-state index contributed by atoms with van der Waals surface area (Å²) in [6.45, 7) is 4.66. The number of ether oxygens (including phenoxy) is 3. The zero-order chi connectivity index (χ0) is 45.4. The highest BCUT2D eigenvalue weighted by molar-refractivity contribution is 7.47. The lowest BCUT2D eigenvalue weighted by molar-refractivity contribution is -0.161. The first kappa shape index (κ1) is 58.2. The maximum absolute atomic E-state index is 12.7. The monoisotopic (exact) mass is 899 g/mol. The van der Waals surface area contributed by atoms with E-state index < -0.39 is 51.8 Å². The second-order valence-corrected chi connectivity index (χ2v) is 19.2. The number of carbonyl (C=O) groups excluding carboxylic acids is 2. The normalized spacial score (nSPS) is 17.3. The minimum Gasteiger partial charge on any atom is -0.462 e. The van der Waals surface area contributed by atoms with E-state index in [1.54, 1.807) is 0 Å². The van der Waals surface area contributed by atoms with Crippen molar-refractivity contribution < 1.29 is 52.5 Å². The molecule has 0 bridgehead atoms. The van der Waals surface area contributed by atoms with Gasteiger partial charge in [0.05, 0.1) is 32.0 Å². The number of unbranched alkanes of at least 4 members (excludes halogenated alkanes) is 21. The summed E-state index contributed by atoms with van der Waals surface area (Å²) in [6, 6.07) is 0. The van der Waals surface area contributed by atoms with E-state index in [1.165, 1.54) is 116 Å². The fourth-order valence-electron chi connectivity index (χ4n) is 7.15. The van der Waals surface area contributed by atoms with E-state index in [0.29, 0.717) is 31.5 Å². The third-order valence-electron chi connectivity index (χ3n) is 11.1. The first-order valence-electron chi connectivity index (χ1n) is 24.9. The Balaban J connectivity index is 2.21. The average molecular weight is 899 g/mol. The second kappa shape index (κ2) is 40.6. The van der Waals surface area contributed by atoms with Gasteiger partial charge in [-0.2, -0.15) is 0 Å². The van der Waals surface area contributed by atoms with Gasteiger partial charge in [-0.25, -0.2) is 4.57 Å². The van der Waals surface area contributed by atoms with Gasteiger partial charge < -0.3 is 29.3 Å². The first-order chi connectivity index (χ1) is 30.1. The van der Waals surface area contributed by atoms with Crippen molar-refractivity contribution in [1.29, 1.82) is 0 Å². The van der Waals surface area contributed by atoms with Crippen LogP contribution in [0.4, 0.5) is 0 Å². The van der Waals surface area contributed by atoms with E-state index >= 15 is 0 Å². The summed E-state index contributed by atoms with van der Waals surface area (Å²) in [6.07, 6.45) is 44.3. The molecule has 62 heavy (non-hydrogen) atoms. The Labute approximate surface area is 377 Å². The quantitative estimate of drug-likeness (QED) is 0.0175. The lowest BCUT2D eigenvalue weighted by Gasteiger charge is -2.20. The molecule has 0 radical (unpaired) electrons. The molecule has 3 unspecified atom stereocenters. The molecule has 1 aliphatic heterocycles. The predicted octanol–water partition coefficient (Wildman–Crippen LogP) is 12.7. The Hall–Kier alpha value is -1.85. The molecule has 0 saturated carbocycles. The highest BCUT2D eigenvalue weighted by Gasteiger charge is 2.36. The zero-order valence-electron chi connectivity index (χ0n) is 39.4. The van der Waals surface area contributed by atoms with Crippen molar-refractivity contribution in [2.24, 2.45) is 5.92 Å². The number of rotatable bonds is 45. The van der Waals surface area contributed by atoms with Crippen molar-refractivity contribution in [3.05, 3.63) is 36.5 Å². The topological polar surface area (TPSA) is 161 Å². The second-order valence-electron chi connectivity index (χ2n) is 17.7. The number of allylic oxidation sites excluding steroid dienone is 4. The van der Waals surface area contributed by atoms with Gasteiger partial charge in [-0.3, -0.25) is 18.6 Å². The summed E-state index contributed by atoms with van der Waals surface area (Å²) < 4.78 is 38.6. The van der Waals surface area contributed by atoms with Crippen LogP contribution in [0.5, 0.6) is 0 Å². The fourth-order valence-corrected chi connectivity index (χ4v) is 7.94. The van der Waals surface area contributed by atoms with E-state index in [1.807, 2.05) is 6.08 Å². The molecule has 1 aliphatic rings. The number of phosphoric ester groups is 1. The van der Waals surface area contributed by atoms with Crippen molar-refractivity contribution in [3.63, 3.8) is 0 Å². The van der Waals surface area contributed by atoms with Crippen LogP contribution in [0, 0.1) is 5.92 Å². The Morgan fingerprint density at radius 1 is 0.613 bits per heavy atom. The highest BCUT2D eigenvalue weighted by atomic mass is 31.2. The number of epoxide rings is 1. The summed E-state index contributed by atoms with van der Waals surface area (Å²) in [5.41, 5.74) is 0. The molecule has 0 aliphatic carbocycles. The minimum absolute atomic E-state index is 0.162. The lowest BCUT2D eigenvalue weighted by Crippen LogP contribution is -2.29. The molecule has 0 spiro atoms. The van der Waals surface area contributed by atoms with Gasteiger partial charge in [-0.15, -0.1) is 0 Å². The smallest absolute Gasteiger partial charge is 0.462 e. The van der Waals surface area contributed by atoms with Crippen LogP contribution < -0.4 is 0 Å². The van der Waals surface area contributed by atoms with Crippen molar-refractivity contribution in [2.45, 2.75) is 238 Å². The Kier molecular flexibility index (Phi) is 38.1. The number of esters is 2. The minimum atomic E-state index is -4.64. The first-order valence-corrected chi connectivity index (χ1v) is 26.4. The van der Waals surface area contributed by atoms with Crippen LogP contribution in [-0.4, -0.2) is 77.9 Å². The van der Waals surface area contributed by atoms with Crippen molar-refractivity contribution in [1.82, 2.24) is 0 Å². The van der Waals surface area contributed by atoms with Crippen molar-refractivity contribution >= 4 is 19.8 Å². The summed E-state index contributed by atoms with van der Waals surface area (Å²) in [7, 11) is -4.64. The van der Waals surface area contributed by atoms with E-state index in [0.717, 1.165) is 50.9 Å². The molecule has 1 rings (SSSR count). The van der Waals surface area contributed by atoms with Crippen LogP contribution in [0.25, 0.3) is 0 Å². The SMILES string of the molecule is CCCCC/C=C\CC1OC1C/C=C\C/C=C\CCCC(=O)OC[C@H](COP(=O)(O)OC[C@@H](O)CO)OC(=O)CCCCCCCCCCCCCCCCCCCCC(C)C. The molecular weight excluding hydrogens is 808 g/mol. The van der Waals surface area contributed by atoms with E-state index in [2.05, 4.69) is 51.2 Å². The van der Waals surface area contributed by atoms with Crippen LogP contribution in [0.15, 0.2) is 36.5 Å². The number of hydrogen-bond donors (Lipinski definition) is 3. The molecule has 11 nitrogen and oxygen atoms in total. The van der Waals surface area contributed by atoms with Crippen LogP contribution in [0.3, 0.4) is 0 Å². The van der Waals surface area contributed by atoms with Crippen LogP contribution in [0.2, 0.25) is 0 Å². The van der Waals surface area contributed by atoms with Gasteiger partial charge >= 0.3 is 19.8 Å². The van der Waals surface area contributed by atoms with Gasteiger partial charge in [-0.05, 0) is 57.3 Å². The molecular formula is C50H91O11P. The number of aliphatic hydroxyl groups excluding tert-OH is 2. The maximum atomic E-state index is 12.7. The third kappa shape index (κ3) is 38.6. The van der Waals surface area contributed by atoms with Crippen molar-refractivity contribution in [3.8, 4) is 0 Å². The van der Waals surface area contributed by atoms with Crippen molar-refractivity contribution in [2.75, 3.05) is 26.4 Å². The van der Waals surface area contributed by atoms with Gasteiger partial charge in [-0.1, -0.05) is 186 Å². The number of phosphoric acid groups is 1. The number of aliphatic hydroxyl groups is 2. The molecule has 362 valence electrons. The summed E-state index contributed by atoms with van der Waals surface area (Å²) >= 11 is 0. The van der Waals surface area contributed by atoms with Gasteiger partial charge in [0.1, 0.15) is 12.7 Å². The van der Waals surface area contributed by atoms with Gasteiger partial charge in [0.15, 0.2) is 6.10 Å². The molecule has 5 atom stereocenters. The lowest BCUT2D eigenvalue weighted by atomic mass is 10.0. The van der Waals surface area contributed by atoms with Gasteiger partial charge in [0.25, 0.3) is 0 Å². The number of hydrogen-bond acceptors (Lipinski definition) is 10. The van der Waals surface area contributed by atoms with Gasteiger partial charge in [0.2, 0.25) is 0 Å². The largest absolute Gasteiger partial charge is 0.472 e. The summed E-state index contributed by atoms with van der Waals surface area (Å²) in [5, 5.41) is 18.4. The molecule has 0 aromatic heterocycles. The van der Waals surface area contributed by atoms with E-state index in [9.17, 15) is 24.2 Å². The molecule has 1 heterocycles. The Bertz CT molecular complexity index is 1210. The van der Waals surface area contributed by atoms with Crippen LogP contribution >= 0.6 is 7.82 Å². The Morgan fingerprint density at radius 3 is 1.66 bits per heavy atom. The highest BCUT2D eigenvalue weighted by Crippen LogP contribution is 2.43. The van der Waals surface area contributed by atoms with Crippen LogP contribution in [0.1, 0.15) is 213 Å². The van der Waals surface area contributed by atoms with E-state index in [-0.39, 0.29) is 19.4 Å². The molecule has 12 heteroatoms. The molecule has 3 N–H and O–H groups in total. The molecule has 0 aromatic carbocycles. The van der Waals surface area contributed by atoms with Crippen LogP contribution in [-0.2, 0) is 37.4 Å². The average Bonchev–Trinajstić information content (AvgIpc) is 4.01. The van der Waals surface area contributed by atoms with E-state index in [4.69, 9.17) is 28.4 Å². The molecule has 1 fully saturated rings. The Morgan fingerprint density at radius 2 is 1.10 bits per heavy atom. The fraction of sp³-hybridized carbons (Fsp3) is 0.840. The number of carbonyl (C=O) groups is 2. The molecule has 1 saturated heterocycles. The predicted molar refractivity (Wildman–Crippen MR) is 251 cm³/mol. The summed E-state index contributed by atoms with van der Waals surface area (Å²) in [4.78, 5) is 35.1. The third-order valence-corrected chi connectivity index (χ3v) is 12.1. The summed E-state index contributed by atoms with van der Waals surface area (Å²) in [5.74, 6) is -0.150. The standard InChI is InChI=1S/C50H91O11P/c1-4-5-6-7-26-31-36-47-48(61-47)37-32-27-22-20-24-28-33-38-49(53)57-42-46(43-59-62(55,56)58-41-45(52)40-51)60-50(54)39-34-29-23-19-17-15-13-11-9-8-10-12-14-16-18-21-25-30-35-44(2)3/h20,24,26-27,31-32,44-48,51-52H,4-19,21-23,25,28-30,33-43H2,1-3H3,(H,55,56)/b24-20-,31-26-,32-27-/t45-,46+,47?,48?/m0/s1. The zero-order valence-corrected chi connectivity index (χ0v) is 40.3. The molecule has 0 aromatic rings. The molecule has 0 amide bonds.